The molecule has 1 aromatic heterocycles. The van der Waals surface area contributed by atoms with Crippen LogP contribution in [0.25, 0.3) is 0 Å². The van der Waals surface area contributed by atoms with Gasteiger partial charge in [-0.25, -0.2) is 0 Å². The summed E-state index contributed by atoms with van der Waals surface area (Å²) in [7, 11) is 0. The number of rotatable bonds is 8. The van der Waals surface area contributed by atoms with Crippen molar-refractivity contribution < 1.29 is 27.5 Å². The van der Waals surface area contributed by atoms with Crippen LogP contribution in [0.2, 0.25) is 0 Å². The average Bonchev–Trinajstić information content (AvgIpc) is 3.18. The SMILES string of the molecule is O=C(COc1ccccc1)Nc1nnc(SCC(=O)Nc2ccccc2C(F)(F)F)s1. The number of carbonyl (C=O) groups excluding carboxylic acids is 2. The summed E-state index contributed by atoms with van der Waals surface area (Å²) >= 11 is 2.02. The number of carbonyl (C=O) groups is 2. The molecule has 3 rings (SSSR count). The van der Waals surface area contributed by atoms with E-state index in [0.717, 1.165) is 29.2 Å². The van der Waals surface area contributed by atoms with Crippen LogP contribution in [0.15, 0.2) is 58.9 Å². The lowest BCUT2D eigenvalue weighted by atomic mass is 10.1. The maximum atomic E-state index is 13.0. The van der Waals surface area contributed by atoms with E-state index in [1.165, 1.54) is 18.2 Å². The molecule has 2 aromatic carbocycles. The first-order chi connectivity index (χ1) is 14.8. The van der Waals surface area contributed by atoms with Gasteiger partial charge in [0.15, 0.2) is 10.9 Å². The molecule has 2 amide bonds. The molecule has 0 saturated carbocycles. The number of hydrogen-bond donors (Lipinski definition) is 2. The zero-order valence-electron chi connectivity index (χ0n) is 15.7. The molecular weight excluding hydrogens is 453 g/mol. The van der Waals surface area contributed by atoms with Gasteiger partial charge in [0.2, 0.25) is 11.0 Å². The second kappa shape index (κ2) is 10.3. The van der Waals surface area contributed by atoms with Crippen LogP contribution in [-0.2, 0) is 15.8 Å². The Labute approximate surface area is 183 Å². The molecule has 1 heterocycles. The van der Waals surface area contributed by atoms with Gasteiger partial charge in [0.25, 0.3) is 5.91 Å². The highest BCUT2D eigenvalue weighted by Gasteiger charge is 2.33. The molecule has 162 valence electrons. The Bertz CT molecular complexity index is 1050. The van der Waals surface area contributed by atoms with Crippen LogP contribution >= 0.6 is 23.1 Å². The predicted octanol–water partition coefficient (Wildman–Crippen LogP) is 4.31. The molecule has 0 fully saturated rings. The Morgan fingerprint density at radius 2 is 1.68 bits per heavy atom. The first-order valence-corrected chi connectivity index (χ1v) is 10.5. The number of aromatic nitrogens is 2. The summed E-state index contributed by atoms with van der Waals surface area (Å²) < 4.78 is 44.7. The van der Waals surface area contributed by atoms with E-state index in [0.29, 0.717) is 10.1 Å². The van der Waals surface area contributed by atoms with E-state index in [1.54, 1.807) is 24.3 Å². The minimum Gasteiger partial charge on any atom is -0.484 e. The molecule has 2 N–H and O–H groups in total. The number of amides is 2. The summed E-state index contributed by atoms with van der Waals surface area (Å²) in [5.41, 5.74) is -1.24. The maximum Gasteiger partial charge on any atom is 0.418 e. The minimum atomic E-state index is -4.58. The number of para-hydroxylation sites is 2. The fourth-order valence-electron chi connectivity index (χ4n) is 2.29. The van der Waals surface area contributed by atoms with Crippen LogP contribution in [-0.4, -0.2) is 34.4 Å². The number of nitrogens with zero attached hydrogens (tertiary/aromatic N) is 2. The lowest BCUT2D eigenvalue weighted by Crippen LogP contribution is -2.20. The van der Waals surface area contributed by atoms with E-state index in [9.17, 15) is 22.8 Å². The van der Waals surface area contributed by atoms with E-state index < -0.39 is 23.6 Å². The van der Waals surface area contributed by atoms with Crippen LogP contribution in [0.3, 0.4) is 0 Å². The number of anilines is 2. The lowest BCUT2D eigenvalue weighted by Gasteiger charge is -2.13. The highest BCUT2D eigenvalue weighted by Crippen LogP contribution is 2.34. The summed E-state index contributed by atoms with van der Waals surface area (Å²) in [6.45, 7) is -0.215. The Hall–Kier alpha value is -3.12. The Morgan fingerprint density at radius 3 is 2.42 bits per heavy atom. The summed E-state index contributed by atoms with van der Waals surface area (Å²) in [6.07, 6.45) is -4.58. The third kappa shape index (κ3) is 6.96. The van der Waals surface area contributed by atoms with Gasteiger partial charge < -0.3 is 10.1 Å². The topological polar surface area (TPSA) is 93.2 Å². The molecule has 7 nitrogen and oxygen atoms in total. The van der Waals surface area contributed by atoms with Crippen LogP contribution in [0.4, 0.5) is 24.0 Å². The minimum absolute atomic E-state index is 0.175. The molecule has 0 aliphatic heterocycles. The van der Waals surface area contributed by atoms with E-state index in [2.05, 4.69) is 20.8 Å². The fraction of sp³-hybridized carbons (Fsp3) is 0.158. The number of benzene rings is 2. The van der Waals surface area contributed by atoms with E-state index >= 15 is 0 Å². The normalized spacial score (nSPS) is 11.1. The van der Waals surface area contributed by atoms with Crippen molar-refractivity contribution >= 4 is 45.7 Å². The molecule has 0 radical (unpaired) electrons. The zero-order chi connectivity index (χ0) is 22.3. The summed E-state index contributed by atoms with van der Waals surface area (Å²) in [5.74, 6) is -0.688. The quantitative estimate of drug-likeness (QED) is 0.378. The second-order valence-corrected chi connectivity index (χ2v) is 8.10. The van der Waals surface area contributed by atoms with Crippen molar-refractivity contribution in [1.29, 1.82) is 0 Å². The molecule has 3 aromatic rings. The first-order valence-electron chi connectivity index (χ1n) is 8.71. The third-order valence-corrected chi connectivity index (χ3v) is 5.57. The van der Waals surface area contributed by atoms with Gasteiger partial charge in [-0.05, 0) is 24.3 Å². The van der Waals surface area contributed by atoms with Crippen LogP contribution < -0.4 is 15.4 Å². The number of nitrogens with one attached hydrogen (secondary N) is 2. The maximum absolute atomic E-state index is 13.0. The highest BCUT2D eigenvalue weighted by atomic mass is 32.2. The molecule has 31 heavy (non-hydrogen) atoms. The number of hydrogen-bond acceptors (Lipinski definition) is 7. The number of thioether (sulfide) groups is 1. The van der Waals surface area contributed by atoms with E-state index in [-0.39, 0.29) is 23.2 Å². The molecule has 0 aliphatic carbocycles. The standard InChI is InChI=1S/C19H15F3N4O3S2/c20-19(21,22)13-8-4-5-9-14(13)23-16(28)11-30-18-26-25-17(31-18)24-15(27)10-29-12-6-2-1-3-7-12/h1-9H,10-11H2,(H,23,28)(H,24,25,27). The molecule has 12 heteroatoms. The predicted molar refractivity (Wildman–Crippen MR) is 111 cm³/mol. The van der Waals surface area contributed by atoms with Gasteiger partial charge in [-0.15, -0.1) is 10.2 Å². The van der Waals surface area contributed by atoms with Crippen molar-refractivity contribution in [2.75, 3.05) is 23.0 Å². The first kappa shape index (κ1) is 22.6. The van der Waals surface area contributed by atoms with Crippen LogP contribution in [0, 0.1) is 0 Å². The molecule has 0 spiro atoms. The molecular formula is C19H15F3N4O3S2. The van der Waals surface area contributed by atoms with Crippen molar-refractivity contribution in [2.24, 2.45) is 0 Å². The van der Waals surface area contributed by atoms with Crippen molar-refractivity contribution in [3.05, 3.63) is 60.2 Å². The Kier molecular flexibility index (Phi) is 7.47. The third-order valence-electron chi connectivity index (χ3n) is 3.60. The van der Waals surface area contributed by atoms with E-state index in [4.69, 9.17) is 4.74 Å². The van der Waals surface area contributed by atoms with Crippen molar-refractivity contribution in [1.82, 2.24) is 10.2 Å². The van der Waals surface area contributed by atoms with Crippen molar-refractivity contribution in [2.45, 2.75) is 10.5 Å². The number of halogens is 3. The lowest BCUT2D eigenvalue weighted by molar-refractivity contribution is -0.137. The molecule has 0 atom stereocenters. The van der Waals surface area contributed by atoms with Gasteiger partial charge in [-0.1, -0.05) is 53.4 Å². The van der Waals surface area contributed by atoms with Crippen LogP contribution in [0.1, 0.15) is 5.56 Å². The van der Waals surface area contributed by atoms with E-state index in [1.807, 2.05) is 6.07 Å². The number of alkyl halides is 3. The van der Waals surface area contributed by atoms with Crippen molar-refractivity contribution in [3.63, 3.8) is 0 Å². The van der Waals surface area contributed by atoms with Gasteiger partial charge in [0.05, 0.1) is 17.0 Å². The Morgan fingerprint density at radius 1 is 0.968 bits per heavy atom. The van der Waals surface area contributed by atoms with Crippen molar-refractivity contribution in [3.8, 4) is 5.75 Å². The van der Waals surface area contributed by atoms with Gasteiger partial charge >= 0.3 is 6.18 Å². The largest absolute Gasteiger partial charge is 0.484 e. The summed E-state index contributed by atoms with van der Waals surface area (Å²) in [5, 5.41) is 12.6. The van der Waals surface area contributed by atoms with Gasteiger partial charge in [-0.3, -0.25) is 14.9 Å². The molecule has 0 unspecified atom stereocenters. The highest BCUT2D eigenvalue weighted by molar-refractivity contribution is 8.01. The van der Waals surface area contributed by atoms with Gasteiger partial charge in [0, 0.05) is 0 Å². The zero-order valence-corrected chi connectivity index (χ0v) is 17.3. The van der Waals surface area contributed by atoms with Gasteiger partial charge in [-0.2, -0.15) is 13.2 Å². The summed E-state index contributed by atoms with van der Waals surface area (Å²) in [4.78, 5) is 24.0. The molecule has 0 saturated heterocycles. The average molecular weight is 468 g/mol. The van der Waals surface area contributed by atoms with Crippen LogP contribution in [0.5, 0.6) is 5.75 Å². The van der Waals surface area contributed by atoms with Gasteiger partial charge in [0.1, 0.15) is 5.75 Å². The fourth-order valence-corrected chi connectivity index (χ4v) is 3.86. The molecule has 0 bridgehead atoms. The summed E-state index contributed by atoms with van der Waals surface area (Å²) in [6, 6.07) is 13.5. The number of ether oxygens (including phenoxy) is 1. The molecule has 0 aliphatic rings. The smallest absolute Gasteiger partial charge is 0.418 e. The Balaban J connectivity index is 1.47. The monoisotopic (exact) mass is 468 g/mol. The second-order valence-electron chi connectivity index (χ2n) is 5.90.